The third kappa shape index (κ3) is 2.68. The summed E-state index contributed by atoms with van der Waals surface area (Å²) in [5, 5.41) is 5.25. The molecule has 2 aromatic carbocycles. The Bertz CT molecular complexity index is 1200. The van der Waals surface area contributed by atoms with Gasteiger partial charge in [0.05, 0.1) is 10.4 Å². The van der Waals surface area contributed by atoms with Gasteiger partial charge in [0, 0.05) is 23.3 Å². The molecule has 0 fully saturated rings. The van der Waals surface area contributed by atoms with E-state index in [9.17, 15) is 8.42 Å². The summed E-state index contributed by atoms with van der Waals surface area (Å²) in [6, 6.07) is 16.1. The van der Waals surface area contributed by atoms with E-state index in [4.69, 9.17) is 0 Å². The second-order valence-corrected chi connectivity index (χ2v) is 8.04. The van der Waals surface area contributed by atoms with E-state index in [0.717, 1.165) is 26.2 Å². The lowest BCUT2D eigenvalue weighted by molar-refractivity contribution is 0.582. The number of hydrogen-bond acceptors (Lipinski definition) is 4. The first-order valence-electron chi connectivity index (χ1n) is 8.19. The van der Waals surface area contributed by atoms with Crippen LogP contribution in [0.5, 0.6) is 0 Å². The van der Waals surface area contributed by atoms with Crippen LogP contribution in [0.25, 0.3) is 22.2 Å². The molecule has 2 aromatic heterocycles. The van der Waals surface area contributed by atoms with E-state index in [1.54, 1.807) is 42.7 Å². The fourth-order valence-corrected chi connectivity index (χ4v) is 4.20. The van der Waals surface area contributed by atoms with Crippen molar-refractivity contribution >= 4 is 20.9 Å². The highest BCUT2D eigenvalue weighted by Crippen LogP contribution is 2.30. The van der Waals surface area contributed by atoms with Gasteiger partial charge in [-0.25, -0.2) is 0 Å². The maximum atomic E-state index is 13.2. The van der Waals surface area contributed by atoms with Crippen LogP contribution in [-0.2, 0) is 10.0 Å². The Morgan fingerprint density at radius 2 is 1.65 bits per heavy atom. The van der Waals surface area contributed by atoms with Gasteiger partial charge >= 0.3 is 0 Å². The van der Waals surface area contributed by atoms with Crippen molar-refractivity contribution in [1.82, 2.24) is 14.2 Å². The van der Waals surface area contributed by atoms with Crippen molar-refractivity contribution < 1.29 is 8.42 Å². The molecule has 0 amide bonds. The minimum Gasteiger partial charge on any atom is -0.264 e. The number of hydrogen-bond donors (Lipinski definition) is 0. The molecular weight excluding hydrogens is 346 g/mol. The molecule has 0 unspecified atom stereocenters. The zero-order valence-corrected chi connectivity index (χ0v) is 15.2. The molecule has 4 rings (SSSR count). The number of pyridine rings is 1. The molecule has 0 atom stereocenters. The average molecular weight is 363 g/mol. The molecule has 26 heavy (non-hydrogen) atoms. The monoisotopic (exact) mass is 363 g/mol. The van der Waals surface area contributed by atoms with Gasteiger partial charge in [-0.05, 0) is 50.2 Å². The van der Waals surface area contributed by atoms with Crippen LogP contribution in [0.3, 0.4) is 0 Å². The third-order valence-corrected chi connectivity index (χ3v) is 5.89. The molecule has 0 saturated heterocycles. The zero-order valence-electron chi connectivity index (χ0n) is 14.4. The fourth-order valence-electron chi connectivity index (χ4n) is 2.91. The lowest BCUT2D eigenvalue weighted by Crippen LogP contribution is -2.14. The first-order valence-corrected chi connectivity index (χ1v) is 9.63. The fraction of sp³-hybridized carbons (Fsp3) is 0.100. The van der Waals surface area contributed by atoms with E-state index >= 15 is 0 Å². The van der Waals surface area contributed by atoms with E-state index in [1.807, 2.05) is 38.1 Å². The molecule has 0 radical (unpaired) electrons. The van der Waals surface area contributed by atoms with Crippen LogP contribution in [0.2, 0.25) is 0 Å². The molecule has 0 N–H and O–H groups in total. The largest absolute Gasteiger partial charge is 0.283 e. The average Bonchev–Trinajstić information content (AvgIpc) is 3.02. The van der Waals surface area contributed by atoms with Crippen LogP contribution >= 0.6 is 0 Å². The Hall–Kier alpha value is -2.99. The van der Waals surface area contributed by atoms with Crippen LogP contribution in [0, 0.1) is 13.8 Å². The number of aryl methyl sites for hydroxylation is 2. The molecule has 0 aliphatic rings. The Morgan fingerprint density at radius 1 is 0.923 bits per heavy atom. The maximum absolute atomic E-state index is 13.2. The molecule has 130 valence electrons. The van der Waals surface area contributed by atoms with Gasteiger partial charge in [-0.3, -0.25) is 4.98 Å². The Labute approximate surface area is 152 Å². The second-order valence-electron chi connectivity index (χ2n) is 6.27. The van der Waals surface area contributed by atoms with Crippen molar-refractivity contribution in [1.29, 1.82) is 0 Å². The number of fused-ring (bicyclic) bond motifs is 1. The summed E-state index contributed by atoms with van der Waals surface area (Å²) in [7, 11) is -3.80. The molecule has 6 heteroatoms. The molecule has 0 bridgehead atoms. The summed E-state index contributed by atoms with van der Waals surface area (Å²) in [6.07, 6.45) is 3.37. The van der Waals surface area contributed by atoms with Crippen LogP contribution < -0.4 is 0 Å². The summed E-state index contributed by atoms with van der Waals surface area (Å²) < 4.78 is 27.5. The minimum atomic E-state index is -3.80. The van der Waals surface area contributed by atoms with Crippen LogP contribution in [-0.4, -0.2) is 22.6 Å². The van der Waals surface area contributed by atoms with Gasteiger partial charge in [-0.1, -0.05) is 29.3 Å². The summed E-state index contributed by atoms with van der Waals surface area (Å²) in [4.78, 5) is 4.34. The predicted molar refractivity (Wildman–Crippen MR) is 101 cm³/mol. The van der Waals surface area contributed by atoms with Gasteiger partial charge in [0.25, 0.3) is 10.0 Å². The highest BCUT2D eigenvalue weighted by molar-refractivity contribution is 7.90. The lowest BCUT2D eigenvalue weighted by Gasteiger charge is -2.06. The quantitative estimate of drug-likeness (QED) is 0.553. The third-order valence-electron chi connectivity index (χ3n) is 4.29. The van der Waals surface area contributed by atoms with E-state index in [-0.39, 0.29) is 4.90 Å². The number of benzene rings is 2. The molecular formula is C20H17N3O2S. The predicted octanol–water partition coefficient (Wildman–Crippen LogP) is 3.95. The number of nitrogens with zero attached hydrogens (tertiary/aromatic N) is 3. The van der Waals surface area contributed by atoms with Crippen molar-refractivity contribution in [3.05, 3.63) is 78.1 Å². The molecule has 0 spiro atoms. The summed E-state index contributed by atoms with van der Waals surface area (Å²) in [6.45, 7) is 3.89. The van der Waals surface area contributed by atoms with Crippen molar-refractivity contribution in [3.63, 3.8) is 0 Å². The van der Waals surface area contributed by atoms with Crippen molar-refractivity contribution in [2.24, 2.45) is 0 Å². The first kappa shape index (κ1) is 16.5. The van der Waals surface area contributed by atoms with E-state index in [2.05, 4.69) is 10.1 Å². The van der Waals surface area contributed by atoms with E-state index in [1.165, 1.54) is 0 Å². The van der Waals surface area contributed by atoms with Crippen molar-refractivity contribution in [2.45, 2.75) is 18.7 Å². The zero-order chi connectivity index (χ0) is 18.3. The summed E-state index contributed by atoms with van der Waals surface area (Å²) in [5.74, 6) is 0. The van der Waals surface area contributed by atoms with Crippen LogP contribution in [0.15, 0.2) is 71.9 Å². The smallest absolute Gasteiger partial charge is 0.264 e. The molecule has 0 saturated carbocycles. The van der Waals surface area contributed by atoms with Crippen LogP contribution in [0.1, 0.15) is 11.1 Å². The summed E-state index contributed by atoms with van der Waals surface area (Å²) in [5.41, 5.74) is 3.97. The summed E-state index contributed by atoms with van der Waals surface area (Å²) >= 11 is 0. The topological polar surface area (TPSA) is 64.8 Å². The van der Waals surface area contributed by atoms with Gasteiger partial charge in [-0.15, -0.1) is 0 Å². The molecule has 0 aliphatic carbocycles. The molecule has 5 nitrogen and oxygen atoms in total. The molecule has 2 heterocycles. The lowest BCUT2D eigenvalue weighted by atomic mass is 10.1. The van der Waals surface area contributed by atoms with Gasteiger partial charge in [0.1, 0.15) is 5.69 Å². The van der Waals surface area contributed by atoms with Crippen LogP contribution in [0.4, 0.5) is 0 Å². The van der Waals surface area contributed by atoms with Gasteiger partial charge in [0.15, 0.2) is 0 Å². The highest BCUT2D eigenvalue weighted by atomic mass is 32.2. The highest BCUT2D eigenvalue weighted by Gasteiger charge is 2.23. The SMILES string of the molecule is Cc1ccc(S(=O)(=O)n2nc(-c3cccnc3)c3cc(C)ccc32)cc1. The first-order chi connectivity index (χ1) is 12.5. The van der Waals surface area contributed by atoms with Gasteiger partial charge < -0.3 is 0 Å². The Morgan fingerprint density at radius 3 is 2.35 bits per heavy atom. The second kappa shape index (κ2) is 6.07. The van der Waals surface area contributed by atoms with Gasteiger partial charge in [0.2, 0.25) is 0 Å². The van der Waals surface area contributed by atoms with Gasteiger partial charge in [-0.2, -0.15) is 17.6 Å². The van der Waals surface area contributed by atoms with Crippen molar-refractivity contribution in [3.8, 4) is 11.3 Å². The standard InChI is InChI=1S/C20H17N3O2S/c1-14-5-8-17(9-6-14)26(24,25)23-19-10-7-15(2)12-18(19)20(22-23)16-4-3-11-21-13-16/h3-13H,1-2H3. The number of aromatic nitrogens is 3. The Kier molecular flexibility index (Phi) is 3.85. The maximum Gasteiger partial charge on any atom is 0.283 e. The van der Waals surface area contributed by atoms with Crippen molar-refractivity contribution in [2.75, 3.05) is 0 Å². The number of rotatable bonds is 3. The van der Waals surface area contributed by atoms with E-state index < -0.39 is 10.0 Å². The minimum absolute atomic E-state index is 0.214. The normalized spacial score (nSPS) is 11.8. The Balaban J connectivity index is 2.01. The molecule has 4 aromatic rings. The molecule has 0 aliphatic heterocycles. The van der Waals surface area contributed by atoms with E-state index in [0.29, 0.717) is 11.2 Å².